The van der Waals surface area contributed by atoms with Gasteiger partial charge < -0.3 is 5.73 Å². The molecule has 5 heteroatoms. The van der Waals surface area contributed by atoms with Crippen molar-refractivity contribution in [3.8, 4) is 0 Å². The SMILES string of the molecule is Cc1cc(CN)cc(Sc2ncccn2)n1. The minimum absolute atomic E-state index is 0.520. The third kappa shape index (κ3) is 2.77. The van der Waals surface area contributed by atoms with Crippen molar-refractivity contribution in [3.63, 3.8) is 0 Å². The summed E-state index contributed by atoms with van der Waals surface area (Å²) in [5, 5.41) is 1.58. The van der Waals surface area contributed by atoms with E-state index >= 15 is 0 Å². The fraction of sp³-hybridized carbons (Fsp3) is 0.182. The Morgan fingerprint density at radius 1 is 1.25 bits per heavy atom. The molecule has 0 radical (unpaired) electrons. The number of nitrogens with zero attached hydrogens (tertiary/aromatic N) is 3. The summed E-state index contributed by atoms with van der Waals surface area (Å²) in [5.41, 5.74) is 7.65. The van der Waals surface area contributed by atoms with Gasteiger partial charge in [-0.25, -0.2) is 15.0 Å². The van der Waals surface area contributed by atoms with Crippen LogP contribution in [0.5, 0.6) is 0 Å². The van der Waals surface area contributed by atoms with Crippen molar-refractivity contribution >= 4 is 11.8 Å². The Balaban J connectivity index is 2.24. The van der Waals surface area contributed by atoms with E-state index in [9.17, 15) is 0 Å². The van der Waals surface area contributed by atoms with Gasteiger partial charge in [-0.2, -0.15) is 0 Å². The Hall–Kier alpha value is -1.46. The summed E-state index contributed by atoms with van der Waals surface area (Å²) in [6, 6.07) is 5.74. The smallest absolute Gasteiger partial charge is 0.193 e. The molecule has 0 atom stereocenters. The molecule has 16 heavy (non-hydrogen) atoms. The molecule has 0 fully saturated rings. The number of aryl methyl sites for hydroxylation is 1. The first-order valence-corrected chi connectivity index (χ1v) is 5.72. The van der Waals surface area contributed by atoms with E-state index in [4.69, 9.17) is 5.73 Å². The Morgan fingerprint density at radius 2 is 2.00 bits per heavy atom. The maximum atomic E-state index is 5.61. The summed E-state index contributed by atoms with van der Waals surface area (Å²) in [6.07, 6.45) is 3.43. The second kappa shape index (κ2) is 5.05. The van der Waals surface area contributed by atoms with E-state index in [0.29, 0.717) is 11.7 Å². The Morgan fingerprint density at radius 3 is 2.69 bits per heavy atom. The summed E-state index contributed by atoms with van der Waals surface area (Å²) < 4.78 is 0. The van der Waals surface area contributed by atoms with Gasteiger partial charge >= 0.3 is 0 Å². The minimum atomic E-state index is 0.520. The highest BCUT2D eigenvalue weighted by Gasteiger charge is 2.03. The minimum Gasteiger partial charge on any atom is -0.326 e. The second-order valence-electron chi connectivity index (χ2n) is 3.29. The van der Waals surface area contributed by atoms with Crippen molar-refractivity contribution in [2.24, 2.45) is 5.73 Å². The third-order valence-corrected chi connectivity index (χ3v) is 2.78. The van der Waals surface area contributed by atoms with Crippen LogP contribution in [0.3, 0.4) is 0 Å². The summed E-state index contributed by atoms with van der Waals surface area (Å²) in [6.45, 7) is 2.47. The molecule has 2 rings (SSSR count). The monoisotopic (exact) mass is 232 g/mol. The van der Waals surface area contributed by atoms with E-state index in [1.165, 1.54) is 11.8 Å². The average Bonchev–Trinajstić information content (AvgIpc) is 2.29. The van der Waals surface area contributed by atoms with E-state index in [0.717, 1.165) is 16.3 Å². The number of hydrogen-bond donors (Lipinski definition) is 1. The number of pyridine rings is 1. The van der Waals surface area contributed by atoms with Gasteiger partial charge in [0.15, 0.2) is 5.16 Å². The van der Waals surface area contributed by atoms with Crippen LogP contribution in [0.25, 0.3) is 0 Å². The van der Waals surface area contributed by atoms with E-state index in [-0.39, 0.29) is 0 Å². The zero-order valence-corrected chi connectivity index (χ0v) is 9.74. The van der Waals surface area contributed by atoms with Gasteiger partial charge in [-0.05, 0) is 42.4 Å². The van der Waals surface area contributed by atoms with Crippen LogP contribution in [0.2, 0.25) is 0 Å². The molecule has 0 spiro atoms. The van der Waals surface area contributed by atoms with Crippen LogP contribution in [0.15, 0.2) is 40.8 Å². The van der Waals surface area contributed by atoms with Crippen molar-refractivity contribution < 1.29 is 0 Å². The molecule has 0 aliphatic heterocycles. The van der Waals surface area contributed by atoms with Crippen LogP contribution in [0.4, 0.5) is 0 Å². The quantitative estimate of drug-likeness (QED) is 0.817. The summed E-state index contributed by atoms with van der Waals surface area (Å²) in [4.78, 5) is 12.7. The van der Waals surface area contributed by atoms with Crippen LogP contribution in [0, 0.1) is 6.92 Å². The second-order valence-corrected chi connectivity index (χ2v) is 4.28. The zero-order valence-electron chi connectivity index (χ0n) is 8.92. The van der Waals surface area contributed by atoms with Gasteiger partial charge in [-0.15, -0.1) is 0 Å². The molecule has 4 nitrogen and oxygen atoms in total. The lowest BCUT2D eigenvalue weighted by Gasteiger charge is -2.03. The Kier molecular flexibility index (Phi) is 3.48. The number of hydrogen-bond acceptors (Lipinski definition) is 5. The van der Waals surface area contributed by atoms with Gasteiger partial charge in [0, 0.05) is 24.6 Å². The topological polar surface area (TPSA) is 64.7 Å². The lowest BCUT2D eigenvalue weighted by Crippen LogP contribution is -1.98. The van der Waals surface area contributed by atoms with E-state index in [2.05, 4.69) is 15.0 Å². The van der Waals surface area contributed by atoms with Crippen molar-refractivity contribution in [1.82, 2.24) is 15.0 Å². The summed E-state index contributed by atoms with van der Waals surface area (Å²) in [7, 11) is 0. The molecule has 0 amide bonds. The zero-order chi connectivity index (χ0) is 11.4. The summed E-state index contributed by atoms with van der Waals surface area (Å²) >= 11 is 1.44. The first-order chi connectivity index (χ1) is 7.78. The molecule has 82 valence electrons. The normalized spacial score (nSPS) is 10.4. The maximum absolute atomic E-state index is 5.61. The van der Waals surface area contributed by atoms with Gasteiger partial charge in [0.2, 0.25) is 0 Å². The molecule has 0 aliphatic carbocycles. The highest BCUT2D eigenvalue weighted by atomic mass is 32.2. The van der Waals surface area contributed by atoms with Crippen molar-refractivity contribution in [1.29, 1.82) is 0 Å². The highest BCUT2D eigenvalue weighted by molar-refractivity contribution is 7.99. The van der Waals surface area contributed by atoms with Crippen molar-refractivity contribution in [2.75, 3.05) is 0 Å². The molecule has 0 saturated carbocycles. The average molecular weight is 232 g/mol. The molecular weight excluding hydrogens is 220 g/mol. The summed E-state index contributed by atoms with van der Waals surface area (Å²) in [5.74, 6) is 0. The van der Waals surface area contributed by atoms with Crippen LogP contribution >= 0.6 is 11.8 Å². The molecule has 2 heterocycles. The molecule has 0 aliphatic rings. The number of aromatic nitrogens is 3. The fourth-order valence-electron chi connectivity index (χ4n) is 1.31. The first-order valence-electron chi connectivity index (χ1n) is 4.90. The molecular formula is C11H12N4S. The molecule has 0 saturated heterocycles. The van der Waals surface area contributed by atoms with Gasteiger partial charge in [0.05, 0.1) is 0 Å². The Bertz CT molecular complexity index is 473. The Labute approximate surface area is 98.3 Å². The van der Waals surface area contributed by atoms with Gasteiger partial charge in [0.1, 0.15) is 5.03 Å². The van der Waals surface area contributed by atoms with Crippen LogP contribution < -0.4 is 5.73 Å². The van der Waals surface area contributed by atoms with Crippen molar-refractivity contribution in [3.05, 3.63) is 41.9 Å². The van der Waals surface area contributed by atoms with Crippen molar-refractivity contribution in [2.45, 2.75) is 23.7 Å². The molecule has 0 aromatic carbocycles. The molecule has 0 bridgehead atoms. The predicted molar refractivity (Wildman–Crippen MR) is 63.0 cm³/mol. The lowest BCUT2D eigenvalue weighted by atomic mass is 10.2. The largest absolute Gasteiger partial charge is 0.326 e. The predicted octanol–water partition coefficient (Wildman–Crippen LogP) is 1.79. The third-order valence-electron chi connectivity index (χ3n) is 1.96. The molecule has 2 N–H and O–H groups in total. The van der Waals surface area contributed by atoms with Gasteiger partial charge in [0.25, 0.3) is 0 Å². The molecule has 2 aromatic heterocycles. The standard InChI is InChI=1S/C11H12N4S/c1-8-5-9(7-12)6-10(15-8)16-11-13-3-2-4-14-11/h2-6H,7,12H2,1H3. The van der Waals surface area contributed by atoms with Crippen LogP contribution in [0.1, 0.15) is 11.3 Å². The molecule has 0 unspecified atom stereocenters. The fourth-order valence-corrected chi connectivity index (χ4v) is 2.12. The first kappa shape index (κ1) is 11.0. The van der Waals surface area contributed by atoms with E-state index in [1.807, 2.05) is 19.1 Å². The van der Waals surface area contributed by atoms with Gasteiger partial charge in [-0.3, -0.25) is 0 Å². The van der Waals surface area contributed by atoms with E-state index < -0.39 is 0 Å². The van der Waals surface area contributed by atoms with Crippen LogP contribution in [-0.4, -0.2) is 15.0 Å². The molecule has 2 aromatic rings. The maximum Gasteiger partial charge on any atom is 0.193 e. The van der Waals surface area contributed by atoms with E-state index in [1.54, 1.807) is 18.5 Å². The van der Waals surface area contributed by atoms with Gasteiger partial charge in [-0.1, -0.05) is 0 Å². The lowest BCUT2D eigenvalue weighted by molar-refractivity contribution is 0.947. The number of rotatable bonds is 3. The number of nitrogens with two attached hydrogens (primary N) is 1. The highest BCUT2D eigenvalue weighted by Crippen LogP contribution is 2.23. The van der Waals surface area contributed by atoms with Crippen LogP contribution in [-0.2, 0) is 6.54 Å².